The van der Waals surface area contributed by atoms with E-state index < -0.39 is 82.6 Å². The number of anilines is 1. The summed E-state index contributed by atoms with van der Waals surface area (Å²) < 4.78 is 147. The molecule has 3 rings (SSSR count). The molecule has 4 nitrogen and oxygen atoms in total. The summed E-state index contributed by atoms with van der Waals surface area (Å²) in [6.45, 7) is 4.87. The molecule has 0 saturated heterocycles. The number of benzene rings is 3. The SMILES string of the molecule is CCCCCCCCCCCCCCCCCCCCN(CCCCCCCCCCCCC)c1c(OB(Oc2cc(F)c(F)c(F)c2)Oc2cc(F)c(F)c(F)c2)cc(F)c(F)c1F. The van der Waals surface area contributed by atoms with Crippen LogP contribution in [0, 0.1) is 52.4 Å². The number of unbranched alkanes of at least 4 members (excludes halogenated alkanes) is 27. The van der Waals surface area contributed by atoms with E-state index in [9.17, 15) is 30.7 Å². The van der Waals surface area contributed by atoms with Crippen LogP contribution >= 0.6 is 0 Å². The van der Waals surface area contributed by atoms with E-state index in [1.54, 1.807) is 4.90 Å². The van der Waals surface area contributed by atoms with Gasteiger partial charge in [0.1, 0.15) is 22.9 Å². The minimum absolute atomic E-state index is 0.226. The van der Waals surface area contributed by atoms with E-state index >= 15 is 8.78 Å². The van der Waals surface area contributed by atoms with E-state index in [0.29, 0.717) is 43.2 Å². The van der Waals surface area contributed by atoms with Gasteiger partial charge in [-0.25, -0.2) is 39.5 Å². The highest BCUT2D eigenvalue weighted by atomic mass is 19.2. The first kappa shape index (κ1) is 55.6. The Morgan fingerprint density at radius 1 is 0.338 bits per heavy atom. The van der Waals surface area contributed by atoms with Gasteiger partial charge in [0.15, 0.2) is 52.4 Å². The monoisotopic (exact) mass is 930 g/mol. The molecule has 0 unspecified atom stereocenters. The summed E-state index contributed by atoms with van der Waals surface area (Å²) in [5.41, 5.74) is -0.493. The van der Waals surface area contributed by atoms with E-state index in [1.165, 1.54) is 109 Å². The van der Waals surface area contributed by atoms with E-state index in [0.717, 1.165) is 64.2 Å². The molecule has 0 saturated carbocycles. The van der Waals surface area contributed by atoms with Crippen molar-refractivity contribution in [3.05, 3.63) is 82.7 Å². The van der Waals surface area contributed by atoms with Gasteiger partial charge in [0.25, 0.3) is 0 Å². The second-order valence-electron chi connectivity index (χ2n) is 17.4. The molecule has 0 N–H and O–H groups in total. The third-order valence-electron chi connectivity index (χ3n) is 11.8. The van der Waals surface area contributed by atoms with Crippen LogP contribution in [0.25, 0.3) is 0 Å². The van der Waals surface area contributed by atoms with E-state index in [-0.39, 0.29) is 13.1 Å². The van der Waals surface area contributed by atoms with Gasteiger partial charge in [0.2, 0.25) is 0 Å². The molecule has 366 valence electrons. The van der Waals surface area contributed by atoms with Crippen molar-refractivity contribution in [1.29, 1.82) is 0 Å². The zero-order valence-electron chi connectivity index (χ0n) is 39.0. The molecule has 65 heavy (non-hydrogen) atoms. The Morgan fingerprint density at radius 3 is 0.923 bits per heavy atom. The van der Waals surface area contributed by atoms with Crippen molar-refractivity contribution in [1.82, 2.24) is 0 Å². The fraction of sp³-hybridized carbons (Fsp3) is 0.647. The topological polar surface area (TPSA) is 30.9 Å². The summed E-state index contributed by atoms with van der Waals surface area (Å²) in [6, 6.07) is 2.18. The summed E-state index contributed by atoms with van der Waals surface area (Å²) in [5, 5.41) is 0. The smallest absolute Gasteiger partial charge is 0.489 e. The molecule has 3 aromatic rings. The summed E-state index contributed by atoms with van der Waals surface area (Å²) in [5.74, 6) is -17.6. The molecular weight excluding hydrogens is 856 g/mol. The van der Waals surface area contributed by atoms with E-state index in [2.05, 4.69) is 13.8 Å². The Bertz CT molecular complexity index is 1660. The lowest BCUT2D eigenvalue weighted by Crippen LogP contribution is -2.38. The van der Waals surface area contributed by atoms with E-state index in [4.69, 9.17) is 14.0 Å². The third kappa shape index (κ3) is 21.6. The highest BCUT2D eigenvalue weighted by molar-refractivity contribution is 6.39. The van der Waals surface area contributed by atoms with Crippen molar-refractivity contribution in [3.8, 4) is 17.2 Å². The maximum Gasteiger partial charge on any atom is 0.864 e. The molecule has 0 aliphatic carbocycles. The molecule has 0 aliphatic heterocycles. The zero-order chi connectivity index (χ0) is 47.2. The van der Waals surface area contributed by atoms with Gasteiger partial charge in [-0.15, -0.1) is 0 Å². The lowest BCUT2D eigenvalue weighted by Gasteiger charge is -2.28. The van der Waals surface area contributed by atoms with Crippen molar-refractivity contribution in [2.24, 2.45) is 0 Å². The quantitative estimate of drug-likeness (QED) is 0.0248. The summed E-state index contributed by atoms with van der Waals surface area (Å²) >= 11 is 0. The predicted octanol–water partition coefficient (Wildman–Crippen LogP) is 17.6. The van der Waals surface area contributed by atoms with Crippen molar-refractivity contribution in [2.75, 3.05) is 18.0 Å². The maximum atomic E-state index is 16.0. The average Bonchev–Trinajstić information content (AvgIpc) is 3.27. The molecular formula is C51H73BF9NO3. The van der Waals surface area contributed by atoms with Gasteiger partial charge in [-0.1, -0.05) is 187 Å². The lowest BCUT2D eigenvalue weighted by atomic mass is 10.0. The van der Waals surface area contributed by atoms with Crippen LogP contribution in [0.1, 0.15) is 200 Å². The van der Waals surface area contributed by atoms with Crippen molar-refractivity contribution in [3.63, 3.8) is 0 Å². The van der Waals surface area contributed by atoms with E-state index in [1.807, 2.05) is 0 Å². The van der Waals surface area contributed by atoms with Crippen molar-refractivity contribution in [2.45, 2.75) is 200 Å². The standard InChI is InChI=1S/C51H73BF9NO3/c1-3-5-7-9-11-13-15-16-17-18-19-20-21-23-25-27-29-31-33-62(32-30-28-26-24-22-14-12-10-8-6-4-2)51-46(38-45(57)49(60)50(51)61)65-52(63-39-34-41(53)47(58)42(54)35-39)64-40-36-43(55)48(59)44(56)37-40/h34-38H,3-33H2,1-2H3. The number of hydrogen-bond donors (Lipinski definition) is 0. The van der Waals surface area contributed by atoms with Crippen LogP contribution in [-0.2, 0) is 0 Å². The van der Waals surface area contributed by atoms with Crippen LogP contribution in [0.15, 0.2) is 30.3 Å². The molecule has 0 fully saturated rings. The Balaban J connectivity index is 1.68. The number of halogens is 9. The molecule has 0 aromatic heterocycles. The maximum absolute atomic E-state index is 16.0. The molecule has 3 aromatic carbocycles. The van der Waals surface area contributed by atoms with Crippen molar-refractivity contribution < 1.29 is 53.5 Å². The summed E-state index contributed by atoms with van der Waals surface area (Å²) in [6.07, 6.45) is 32.8. The molecule has 0 heterocycles. The minimum atomic E-state index is -2.33. The Hall–Kier alpha value is -3.71. The molecule has 0 atom stereocenters. The second-order valence-corrected chi connectivity index (χ2v) is 17.4. The Labute approximate surface area is 383 Å². The van der Waals surface area contributed by atoms with Gasteiger partial charge in [0, 0.05) is 43.4 Å². The highest BCUT2D eigenvalue weighted by Crippen LogP contribution is 2.37. The third-order valence-corrected chi connectivity index (χ3v) is 11.8. The van der Waals surface area contributed by atoms with Gasteiger partial charge in [0.05, 0.1) is 0 Å². The predicted molar refractivity (Wildman–Crippen MR) is 244 cm³/mol. The number of nitrogens with zero attached hydrogens (tertiary/aromatic N) is 1. The second kappa shape index (κ2) is 32.9. The molecule has 14 heteroatoms. The number of rotatable bonds is 38. The molecule has 0 spiro atoms. The normalized spacial score (nSPS) is 11.4. The Morgan fingerprint density at radius 2 is 0.615 bits per heavy atom. The fourth-order valence-electron chi connectivity index (χ4n) is 8.05. The first-order valence-corrected chi connectivity index (χ1v) is 24.7. The first-order valence-electron chi connectivity index (χ1n) is 24.7. The van der Waals surface area contributed by atoms with Gasteiger partial charge in [-0.3, -0.25) is 0 Å². The van der Waals surface area contributed by atoms with Gasteiger partial charge < -0.3 is 18.9 Å². The summed E-state index contributed by atoms with van der Waals surface area (Å²) in [7, 11) is -2.33. The van der Waals surface area contributed by atoms with Crippen LogP contribution in [0.2, 0.25) is 0 Å². The molecule has 0 aliphatic rings. The first-order chi connectivity index (χ1) is 31.5. The highest BCUT2D eigenvalue weighted by Gasteiger charge is 2.36. The van der Waals surface area contributed by atoms with Crippen LogP contribution in [0.3, 0.4) is 0 Å². The van der Waals surface area contributed by atoms with Crippen molar-refractivity contribution >= 4 is 13.0 Å². The van der Waals surface area contributed by atoms with Gasteiger partial charge in [-0.05, 0) is 12.8 Å². The van der Waals surface area contributed by atoms with Gasteiger partial charge >= 0.3 is 7.32 Å². The van der Waals surface area contributed by atoms with Crippen LogP contribution < -0.4 is 18.9 Å². The molecule has 0 amide bonds. The largest absolute Gasteiger partial charge is 0.864 e. The minimum Gasteiger partial charge on any atom is -0.489 e. The van der Waals surface area contributed by atoms with Crippen LogP contribution in [0.5, 0.6) is 17.2 Å². The zero-order valence-corrected chi connectivity index (χ0v) is 39.0. The molecule has 0 bridgehead atoms. The Kier molecular flexibility index (Phi) is 28.1. The van der Waals surface area contributed by atoms with Crippen LogP contribution in [-0.4, -0.2) is 20.4 Å². The fourth-order valence-corrected chi connectivity index (χ4v) is 8.05. The summed E-state index contributed by atoms with van der Waals surface area (Å²) in [4.78, 5) is 1.54. The number of hydrogen-bond acceptors (Lipinski definition) is 4. The van der Waals surface area contributed by atoms with Crippen LogP contribution in [0.4, 0.5) is 45.2 Å². The molecule has 0 radical (unpaired) electrons. The average molecular weight is 930 g/mol. The van der Waals surface area contributed by atoms with Gasteiger partial charge in [-0.2, -0.15) is 0 Å². The lowest BCUT2D eigenvalue weighted by molar-refractivity contribution is 0.299.